The maximum absolute atomic E-state index is 11.9. The predicted octanol–water partition coefficient (Wildman–Crippen LogP) is 2.58. The van der Waals surface area contributed by atoms with Crippen LogP contribution in [0.25, 0.3) is 11.7 Å². The largest absolute Gasteiger partial charge is 0.367 e. The highest BCUT2D eigenvalue weighted by Gasteiger charge is 2.29. The van der Waals surface area contributed by atoms with E-state index in [9.17, 15) is 9.59 Å². The first kappa shape index (κ1) is 18.5. The summed E-state index contributed by atoms with van der Waals surface area (Å²) < 4.78 is 1.77. The minimum Gasteiger partial charge on any atom is -0.367 e. The summed E-state index contributed by atoms with van der Waals surface area (Å²) >= 11 is 0. The van der Waals surface area contributed by atoms with Crippen molar-refractivity contribution in [3.05, 3.63) is 23.4 Å². The van der Waals surface area contributed by atoms with E-state index in [4.69, 9.17) is 4.98 Å². The number of nitrogens with one attached hydrogen (secondary N) is 3. The average Bonchev–Trinajstić information content (AvgIpc) is 3.53. The summed E-state index contributed by atoms with van der Waals surface area (Å²) in [7, 11) is 0. The minimum atomic E-state index is -0.340. The van der Waals surface area contributed by atoms with Crippen LogP contribution in [0.1, 0.15) is 52.0 Å². The van der Waals surface area contributed by atoms with Crippen molar-refractivity contribution in [2.75, 3.05) is 10.6 Å². The molecule has 3 heterocycles. The van der Waals surface area contributed by atoms with Crippen molar-refractivity contribution in [2.24, 2.45) is 5.92 Å². The zero-order valence-corrected chi connectivity index (χ0v) is 15.2. The van der Waals surface area contributed by atoms with Crippen LogP contribution in [0.5, 0.6) is 0 Å². The van der Waals surface area contributed by atoms with Gasteiger partial charge < -0.3 is 10.6 Å². The van der Waals surface area contributed by atoms with E-state index in [2.05, 4.69) is 28.0 Å². The van der Waals surface area contributed by atoms with Gasteiger partial charge in [-0.25, -0.2) is 4.98 Å². The van der Waals surface area contributed by atoms with Crippen molar-refractivity contribution < 1.29 is 9.59 Å². The van der Waals surface area contributed by atoms with E-state index in [1.807, 2.05) is 6.07 Å². The number of nitrogens with zero attached hydrogens (tertiary/aromatic N) is 3. The van der Waals surface area contributed by atoms with Gasteiger partial charge in [0.15, 0.2) is 5.65 Å². The molecule has 1 saturated heterocycles. The number of carbonyl (C=O) groups excluding carboxylic acids is 2. The summed E-state index contributed by atoms with van der Waals surface area (Å²) in [5, 5.41) is 13.8. The van der Waals surface area contributed by atoms with Gasteiger partial charge in [0.25, 0.3) is 5.91 Å². The summed E-state index contributed by atoms with van der Waals surface area (Å²) in [5.41, 5.74) is 1.85. The summed E-state index contributed by atoms with van der Waals surface area (Å²) in [4.78, 5) is 28.1. The summed E-state index contributed by atoms with van der Waals surface area (Å²) in [6, 6.07) is 2.85. The first-order valence-electron chi connectivity index (χ1n) is 9.53. The van der Waals surface area contributed by atoms with Crippen molar-refractivity contribution in [3.8, 4) is 0 Å². The predicted molar refractivity (Wildman–Crippen MR) is 108 cm³/mol. The fourth-order valence-corrected chi connectivity index (χ4v) is 3.45. The number of amides is 2. The van der Waals surface area contributed by atoms with E-state index in [0.717, 1.165) is 30.0 Å². The second-order valence-electron chi connectivity index (χ2n) is 7.77. The molecule has 8 heteroatoms. The molecule has 2 saturated carbocycles. The molecule has 2 aliphatic carbocycles. The Morgan fingerprint density at radius 1 is 1.29 bits per heavy atom. The molecule has 0 aromatic carbocycles. The molecule has 2 aromatic rings. The third kappa shape index (κ3) is 3.58. The quantitative estimate of drug-likeness (QED) is 0.524. The fourth-order valence-electron chi connectivity index (χ4n) is 3.45. The van der Waals surface area contributed by atoms with Crippen molar-refractivity contribution in [1.29, 1.82) is 0 Å². The zero-order chi connectivity index (χ0) is 18.5. The lowest BCUT2D eigenvalue weighted by molar-refractivity contribution is -0.124. The molecule has 1 atom stereocenters. The average molecular weight is 382 g/mol. The van der Waals surface area contributed by atoms with E-state index >= 15 is 0 Å². The Bertz CT molecular complexity index is 970. The SMILES string of the molecule is C.C[C@@H](Nc1cc(NC2CC2)n2ncc(/C=C3\CC(=O)NC3=O)c2n1)C1CC1. The maximum atomic E-state index is 11.9. The monoisotopic (exact) mass is 382 g/mol. The summed E-state index contributed by atoms with van der Waals surface area (Å²) in [6.45, 7) is 2.19. The molecule has 0 spiro atoms. The molecular weight excluding hydrogens is 356 g/mol. The van der Waals surface area contributed by atoms with Gasteiger partial charge in [0.2, 0.25) is 5.91 Å². The number of rotatable bonds is 6. The maximum Gasteiger partial charge on any atom is 0.254 e. The highest BCUT2D eigenvalue weighted by atomic mass is 16.2. The van der Waals surface area contributed by atoms with Gasteiger partial charge in [0.1, 0.15) is 11.6 Å². The molecule has 0 bridgehead atoms. The molecule has 2 amide bonds. The molecule has 0 radical (unpaired) electrons. The van der Waals surface area contributed by atoms with E-state index in [-0.39, 0.29) is 25.7 Å². The van der Waals surface area contributed by atoms with Gasteiger partial charge in [0, 0.05) is 29.3 Å². The van der Waals surface area contributed by atoms with Crippen LogP contribution >= 0.6 is 0 Å². The lowest BCUT2D eigenvalue weighted by Gasteiger charge is -2.16. The van der Waals surface area contributed by atoms with Gasteiger partial charge in [-0.3, -0.25) is 14.9 Å². The smallest absolute Gasteiger partial charge is 0.254 e. The van der Waals surface area contributed by atoms with Crippen LogP contribution in [0, 0.1) is 5.92 Å². The van der Waals surface area contributed by atoms with Gasteiger partial charge in [-0.15, -0.1) is 0 Å². The number of imide groups is 1. The lowest BCUT2D eigenvalue weighted by atomic mass is 10.1. The van der Waals surface area contributed by atoms with Gasteiger partial charge in [-0.2, -0.15) is 9.61 Å². The summed E-state index contributed by atoms with van der Waals surface area (Å²) in [6.07, 6.45) is 8.34. The Kier molecular flexibility index (Phi) is 4.56. The summed E-state index contributed by atoms with van der Waals surface area (Å²) in [5.74, 6) is 1.80. The molecule has 148 valence electrons. The number of hydrogen-bond donors (Lipinski definition) is 3. The molecule has 8 nitrogen and oxygen atoms in total. The Morgan fingerprint density at radius 2 is 2.07 bits per heavy atom. The van der Waals surface area contributed by atoms with Crippen LogP contribution in [0.15, 0.2) is 17.8 Å². The van der Waals surface area contributed by atoms with Gasteiger partial charge in [-0.1, -0.05) is 7.43 Å². The Hall–Kier alpha value is -2.90. The third-order valence-electron chi connectivity index (χ3n) is 5.36. The molecule has 2 aromatic heterocycles. The Labute approximate surface area is 163 Å². The first-order valence-corrected chi connectivity index (χ1v) is 9.53. The fraction of sp³-hybridized carbons (Fsp3) is 0.500. The second-order valence-corrected chi connectivity index (χ2v) is 7.77. The molecular formula is C20H26N6O2. The number of aromatic nitrogens is 3. The molecule has 1 aliphatic heterocycles. The normalized spacial score (nSPS) is 21.5. The Balaban J connectivity index is 0.00000192. The van der Waals surface area contributed by atoms with E-state index in [0.29, 0.717) is 29.2 Å². The number of anilines is 2. The van der Waals surface area contributed by atoms with Crippen LogP contribution < -0.4 is 16.0 Å². The molecule has 28 heavy (non-hydrogen) atoms. The van der Waals surface area contributed by atoms with Crippen molar-refractivity contribution in [1.82, 2.24) is 19.9 Å². The van der Waals surface area contributed by atoms with E-state index in [1.165, 1.54) is 12.8 Å². The van der Waals surface area contributed by atoms with Crippen molar-refractivity contribution in [3.63, 3.8) is 0 Å². The first-order chi connectivity index (χ1) is 13.1. The lowest BCUT2D eigenvalue weighted by Crippen LogP contribution is -2.19. The highest BCUT2D eigenvalue weighted by Crippen LogP contribution is 2.34. The van der Waals surface area contributed by atoms with Crippen LogP contribution in [-0.4, -0.2) is 38.5 Å². The minimum absolute atomic E-state index is 0. The van der Waals surface area contributed by atoms with Crippen molar-refractivity contribution >= 4 is 35.2 Å². The van der Waals surface area contributed by atoms with Crippen LogP contribution in [0.3, 0.4) is 0 Å². The van der Waals surface area contributed by atoms with E-state index < -0.39 is 0 Å². The van der Waals surface area contributed by atoms with Crippen LogP contribution in [0.4, 0.5) is 11.6 Å². The highest BCUT2D eigenvalue weighted by molar-refractivity contribution is 6.15. The van der Waals surface area contributed by atoms with Gasteiger partial charge in [-0.05, 0) is 44.6 Å². The Morgan fingerprint density at radius 3 is 2.71 bits per heavy atom. The topological polar surface area (TPSA) is 100 Å². The van der Waals surface area contributed by atoms with Crippen LogP contribution in [-0.2, 0) is 9.59 Å². The van der Waals surface area contributed by atoms with Gasteiger partial charge in [0.05, 0.1) is 12.6 Å². The number of carbonyl (C=O) groups is 2. The zero-order valence-electron chi connectivity index (χ0n) is 15.2. The molecule has 0 unspecified atom stereocenters. The molecule has 3 N–H and O–H groups in total. The number of hydrogen-bond acceptors (Lipinski definition) is 6. The van der Waals surface area contributed by atoms with Gasteiger partial charge >= 0.3 is 0 Å². The third-order valence-corrected chi connectivity index (χ3v) is 5.36. The number of fused-ring (bicyclic) bond motifs is 1. The van der Waals surface area contributed by atoms with E-state index in [1.54, 1.807) is 16.8 Å². The standard InChI is InChI=1S/C19H22N6O2.CH4/c1-10(11-2-3-11)21-15-8-16(22-14-4-5-14)25-18(23-15)13(9-20-25)6-12-7-17(26)24-19(12)27;/h6,8-11,14,22H,2-5,7H2,1H3,(H,21,23)(H,24,26,27);1H4/b12-6+;/t10-;/m1./s1. The second kappa shape index (κ2) is 6.92. The molecule has 3 aliphatic rings. The molecule has 5 rings (SSSR count). The molecule has 3 fully saturated rings. The van der Waals surface area contributed by atoms with Crippen LogP contribution in [0.2, 0.25) is 0 Å². The van der Waals surface area contributed by atoms with Crippen molar-refractivity contribution in [2.45, 2.75) is 58.5 Å².